The van der Waals surface area contributed by atoms with Crippen molar-refractivity contribution in [2.24, 2.45) is 0 Å². The van der Waals surface area contributed by atoms with Gasteiger partial charge in [0.2, 0.25) is 0 Å². The van der Waals surface area contributed by atoms with Crippen LogP contribution >= 0.6 is 0 Å². The van der Waals surface area contributed by atoms with Crippen molar-refractivity contribution in [3.63, 3.8) is 0 Å². The molecule has 0 spiro atoms. The monoisotopic (exact) mass is 116 g/mol. The molecule has 1 heterocycles. The number of carbonyl (C=O) groups is 1. The zero-order chi connectivity index (χ0) is 5.82. The van der Waals surface area contributed by atoms with E-state index in [-0.39, 0.29) is 6.10 Å². The van der Waals surface area contributed by atoms with Crippen molar-refractivity contribution in [3.05, 3.63) is 0 Å². The Labute approximate surface area is 47.6 Å². The number of hydrogen-bond donors (Lipinski definition) is 0. The molecule has 46 valence electrons. The lowest BCUT2D eigenvalue weighted by atomic mass is 10.4. The smallest absolute Gasteiger partial charge is 0.151 e. The Morgan fingerprint density at radius 1 is 1.50 bits per heavy atom. The molecule has 1 aliphatic rings. The van der Waals surface area contributed by atoms with Crippen LogP contribution in [0.3, 0.4) is 0 Å². The van der Waals surface area contributed by atoms with E-state index >= 15 is 0 Å². The minimum Gasteiger partial charge on any atom is -0.376 e. The minimum absolute atomic E-state index is 0.316. The third kappa shape index (κ3) is 1.28. The predicted molar refractivity (Wildman–Crippen MR) is 26.6 cm³/mol. The lowest BCUT2D eigenvalue weighted by molar-refractivity contribution is -0.133. The van der Waals surface area contributed by atoms with Gasteiger partial charge in [-0.1, -0.05) is 0 Å². The summed E-state index contributed by atoms with van der Waals surface area (Å²) in [6.07, 6.45) is 0.447. The van der Waals surface area contributed by atoms with E-state index in [1.807, 2.05) is 0 Å². The Bertz CT molecular complexity index is 75.7. The average molecular weight is 116 g/mol. The van der Waals surface area contributed by atoms with Crippen LogP contribution < -0.4 is 0 Å². The average Bonchev–Trinajstić information content (AvgIpc) is 1.90. The van der Waals surface area contributed by atoms with Crippen LogP contribution in [0.25, 0.3) is 0 Å². The van der Waals surface area contributed by atoms with E-state index in [1.54, 1.807) is 0 Å². The molecule has 1 aliphatic heterocycles. The molecule has 0 saturated carbocycles. The van der Waals surface area contributed by atoms with Gasteiger partial charge in [-0.15, -0.1) is 0 Å². The van der Waals surface area contributed by atoms with Crippen LogP contribution in [0, 0.1) is 0 Å². The van der Waals surface area contributed by atoms with Gasteiger partial charge in [0.25, 0.3) is 0 Å². The molecule has 3 heteroatoms. The highest BCUT2D eigenvalue weighted by Crippen LogP contribution is 1.95. The first-order valence-corrected chi connectivity index (χ1v) is 2.58. The van der Waals surface area contributed by atoms with E-state index in [4.69, 9.17) is 9.47 Å². The molecule has 0 aromatic rings. The number of carbonyl (C=O) groups excluding carboxylic acids is 1. The molecular formula is C5H8O3. The zero-order valence-corrected chi connectivity index (χ0v) is 4.50. The van der Waals surface area contributed by atoms with E-state index in [2.05, 4.69) is 0 Å². The summed E-state index contributed by atoms with van der Waals surface area (Å²) in [5.41, 5.74) is 0. The second-order valence-electron chi connectivity index (χ2n) is 1.62. The molecule has 0 N–H and O–H groups in total. The van der Waals surface area contributed by atoms with Gasteiger partial charge >= 0.3 is 0 Å². The Morgan fingerprint density at radius 3 is 2.75 bits per heavy atom. The summed E-state index contributed by atoms with van der Waals surface area (Å²) in [5, 5.41) is 0. The third-order valence-electron chi connectivity index (χ3n) is 0.993. The van der Waals surface area contributed by atoms with Crippen LogP contribution in [0.1, 0.15) is 0 Å². The molecule has 1 fully saturated rings. The Kier molecular flexibility index (Phi) is 2.00. The lowest BCUT2D eigenvalue weighted by Gasteiger charge is -2.17. The molecule has 0 aromatic carbocycles. The SMILES string of the molecule is O=CC1COCCO1. The van der Waals surface area contributed by atoms with Crippen LogP contribution in [0.4, 0.5) is 0 Å². The van der Waals surface area contributed by atoms with Crippen molar-refractivity contribution >= 4 is 6.29 Å². The van der Waals surface area contributed by atoms with E-state index in [9.17, 15) is 4.79 Å². The molecule has 1 unspecified atom stereocenters. The summed E-state index contributed by atoms with van der Waals surface area (Å²) in [6, 6.07) is 0. The molecule has 0 bridgehead atoms. The first kappa shape index (κ1) is 5.72. The predicted octanol–water partition coefficient (Wildman–Crippen LogP) is -0.399. The number of ether oxygens (including phenoxy) is 2. The molecule has 0 aliphatic carbocycles. The second kappa shape index (κ2) is 2.79. The van der Waals surface area contributed by atoms with E-state index in [1.165, 1.54) is 0 Å². The van der Waals surface area contributed by atoms with Crippen LogP contribution in [-0.4, -0.2) is 32.2 Å². The molecule has 0 radical (unpaired) electrons. The van der Waals surface area contributed by atoms with Gasteiger partial charge in [0.15, 0.2) is 6.29 Å². The van der Waals surface area contributed by atoms with Gasteiger partial charge in [0.05, 0.1) is 19.8 Å². The van der Waals surface area contributed by atoms with Crippen LogP contribution in [-0.2, 0) is 14.3 Å². The largest absolute Gasteiger partial charge is 0.376 e. The molecule has 3 nitrogen and oxygen atoms in total. The fourth-order valence-corrected chi connectivity index (χ4v) is 0.585. The fourth-order valence-electron chi connectivity index (χ4n) is 0.585. The van der Waals surface area contributed by atoms with Crippen LogP contribution in [0.15, 0.2) is 0 Å². The molecule has 1 rings (SSSR count). The van der Waals surface area contributed by atoms with Crippen molar-refractivity contribution < 1.29 is 14.3 Å². The van der Waals surface area contributed by atoms with Gasteiger partial charge in [-0.05, 0) is 0 Å². The van der Waals surface area contributed by atoms with Gasteiger partial charge in [0.1, 0.15) is 6.10 Å². The standard InChI is InChI=1S/C5H8O3/c6-3-5-4-7-1-2-8-5/h3,5H,1-2,4H2. The van der Waals surface area contributed by atoms with E-state index in [0.717, 1.165) is 6.29 Å². The highest BCUT2D eigenvalue weighted by Gasteiger charge is 2.11. The maximum atomic E-state index is 9.95. The summed E-state index contributed by atoms with van der Waals surface area (Å²) in [7, 11) is 0. The summed E-state index contributed by atoms with van der Waals surface area (Å²) < 4.78 is 9.85. The molecule has 1 atom stereocenters. The number of hydrogen-bond acceptors (Lipinski definition) is 3. The fraction of sp³-hybridized carbons (Fsp3) is 0.800. The zero-order valence-electron chi connectivity index (χ0n) is 4.50. The Hall–Kier alpha value is -0.410. The van der Waals surface area contributed by atoms with E-state index in [0.29, 0.717) is 19.8 Å². The third-order valence-corrected chi connectivity index (χ3v) is 0.993. The quantitative estimate of drug-likeness (QED) is 0.437. The summed E-state index contributed by atoms with van der Waals surface area (Å²) >= 11 is 0. The Balaban J connectivity index is 2.22. The normalized spacial score (nSPS) is 29.8. The maximum absolute atomic E-state index is 9.95. The van der Waals surface area contributed by atoms with Gasteiger partial charge < -0.3 is 14.3 Å². The summed E-state index contributed by atoms with van der Waals surface area (Å²) in [5.74, 6) is 0. The van der Waals surface area contributed by atoms with Crippen molar-refractivity contribution in [2.75, 3.05) is 19.8 Å². The molecule has 8 heavy (non-hydrogen) atoms. The minimum atomic E-state index is -0.316. The van der Waals surface area contributed by atoms with E-state index < -0.39 is 0 Å². The second-order valence-corrected chi connectivity index (χ2v) is 1.62. The molecule has 1 saturated heterocycles. The van der Waals surface area contributed by atoms with Crippen LogP contribution in [0.2, 0.25) is 0 Å². The lowest BCUT2D eigenvalue weighted by Crippen LogP contribution is -2.29. The topological polar surface area (TPSA) is 35.5 Å². The first-order chi connectivity index (χ1) is 3.93. The van der Waals surface area contributed by atoms with Gasteiger partial charge in [0, 0.05) is 0 Å². The summed E-state index contributed by atoms with van der Waals surface area (Å²) in [6.45, 7) is 1.58. The Morgan fingerprint density at radius 2 is 2.38 bits per heavy atom. The maximum Gasteiger partial charge on any atom is 0.151 e. The van der Waals surface area contributed by atoms with Crippen molar-refractivity contribution in [1.82, 2.24) is 0 Å². The molecular weight excluding hydrogens is 108 g/mol. The highest BCUT2D eigenvalue weighted by atomic mass is 16.6. The first-order valence-electron chi connectivity index (χ1n) is 2.58. The summed E-state index contributed by atoms with van der Waals surface area (Å²) in [4.78, 5) is 9.95. The highest BCUT2D eigenvalue weighted by molar-refractivity contribution is 5.56. The van der Waals surface area contributed by atoms with Gasteiger partial charge in [-0.2, -0.15) is 0 Å². The van der Waals surface area contributed by atoms with Gasteiger partial charge in [-0.3, -0.25) is 0 Å². The van der Waals surface area contributed by atoms with Crippen molar-refractivity contribution in [1.29, 1.82) is 0 Å². The van der Waals surface area contributed by atoms with Gasteiger partial charge in [-0.25, -0.2) is 0 Å². The number of aldehydes is 1. The van der Waals surface area contributed by atoms with Crippen molar-refractivity contribution in [3.8, 4) is 0 Å². The van der Waals surface area contributed by atoms with Crippen LogP contribution in [0.5, 0.6) is 0 Å². The number of rotatable bonds is 1. The molecule has 0 aromatic heterocycles. The molecule has 0 amide bonds. The van der Waals surface area contributed by atoms with Crippen molar-refractivity contribution in [2.45, 2.75) is 6.10 Å².